The van der Waals surface area contributed by atoms with Gasteiger partial charge in [0, 0.05) is 13.5 Å². The van der Waals surface area contributed by atoms with E-state index in [2.05, 4.69) is 5.48 Å². The van der Waals surface area contributed by atoms with Crippen molar-refractivity contribution in [1.82, 2.24) is 5.48 Å². The molecule has 6 heteroatoms. The predicted molar refractivity (Wildman–Crippen MR) is 63.0 cm³/mol. The van der Waals surface area contributed by atoms with Crippen LogP contribution in [-0.2, 0) is 17.3 Å². The Balaban J connectivity index is 3.27. The predicted octanol–water partition coefficient (Wildman–Crippen LogP) is 2.47. The summed E-state index contributed by atoms with van der Waals surface area (Å²) in [6.07, 6.45) is 0. The highest BCUT2D eigenvalue weighted by Crippen LogP contribution is 2.41. The van der Waals surface area contributed by atoms with E-state index in [1.165, 1.54) is 27.4 Å². The molecule has 0 saturated heterocycles. The molecule has 1 aromatic rings. The van der Waals surface area contributed by atoms with Crippen LogP contribution in [-0.4, -0.2) is 21.3 Å². The van der Waals surface area contributed by atoms with Crippen LogP contribution >= 0.6 is 0 Å². The Bertz CT molecular complexity index is 405. The molecule has 0 atom stereocenters. The standard InChI is InChI=1S/C12H17F2NO3/c1-12(13,14)9-5-8(7-15-18-4)6-10(16-2)11(9)17-3/h5-6,15H,7H2,1-4H3. The molecule has 18 heavy (non-hydrogen) atoms. The number of nitrogens with one attached hydrogen (secondary N) is 1. The average Bonchev–Trinajstić information content (AvgIpc) is 2.33. The van der Waals surface area contributed by atoms with Gasteiger partial charge in [0.05, 0.1) is 26.9 Å². The molecule has 4 nitrogen and oxygen atoms in total. The highest BCUT2D eigenvalue weighted by atomic mass is 19.3. The summed E-state index contributed by atoms with van der Waals surface area (Å²) in [6, 6.07) is 2.99. The normalized spacial score (nSPS) is 11.4. The van der Waals surface area contributed by atoms with Crippen LogP contribution in [0, 0.1) is 0 Å². The van der Waals surface area contributed by atoms with E-state index in [-0.39, 0.29) is 17.1 Å². The number of ether oxygens (including phenoxy) is 2. The quantitative estimate of drug-likeness (QED) is 0.798. The molecule has 0 bridgehead atoms. The Kier molecular flexibility index (Phi) is 4.86. The zero-order valence-corrected chi connectivity index (χ0v) is 10.8. The van der Waals surface area contributed by atoms with Gasteiger partial charge in [0.25, 0.3) is 5.92 Å². The minimum atomic E-state index is -3.01. The molecule has 1 rings (SSSR count). The number of hydroxylamine groups is 1. The first kappa shape index (κ1) is 14.7. The van der Waals surface area contributed by atoms with Gasteiger partial charge in [-0.1, -0.05) is 0 Å². The van der Waals surface area contributed by atoms with Crippen LogP contribution in [0.1, 0.15) is 18.1 Å². The first-order chi connectivity index (χ1) is 8.43. The second kappa shape index (κ2) is 5.97. The molecule has 1 N–H and O–H groups in total. The molecule has 0 heterocycles. The molecule has 102 valence electrons. The fourth-order valence-electron chi connectivity index (χ4n) is 1.61. The Labute approximate surface area is 105 Å². The first-order valence-corrected chi connectivity index (χ1v) is 5.33. The summed E-state index contributed by atoms with van der Waals surface area (Å²) < 4.78 is 37.1. The smallest absolute Gasteiger partial charge is 0.274 e. The topological polar surface area (TPSA) is 39.7 Å². The molecule has 1 aromatic carbocycles. The fraction of sp³-hybridized carbons (Fsp3) is 0.500. The highest BCUT2D eigenvalue weighted by Gasteiger charge is 2.31. The second-order valence-electron chi connectivity index (χ2n) is 3.79. The van der Waals surface area contributed by atoms with Gasteiger partial charge >= 0.3 is 0 Å². The van der Waals surface area contributed by atoms with Crippen molar-refractivity contribution in [2.75, 3.05) is 21.3 Å². The average molecular weight is 261 g/mol. The SMILES string of the molecule is CONCc1cc(OC)c(OC)c(C(C)(F)F)c1. The van der Waals surface area contributed by atoms with Crippen molar-refractivity contribution < 1.29 is 23.1 Å². The molecule has 0 unspecified atom stereocenters. The molecule has 0 aliphatic heterocycles. The minimum absolute atomic E-state index is 0.0474. The third kappa shape index (κ3) is 3.30. The largest absolute Gasteiger partial charge is 0.493 e. The summed E-state index contributed by atoms with van der Waals surface area (Å²) in [4.78, 5) is 4.69. The monoisotopic (exact) mass is 261 g/mol. The van der Waals surface area contributed by atoms with Gasteiger partial charge in [-0.2, -0.15) is 5.48 Å². The van der Waals surface area contributed by atoms with Crippen molar-refractivity contribution in [3.63, 3.8) is 0 Å². The number of rotatable bonds is 6. The molecule has 0 fully saturated rings. The Morgan fingerprint density at radius 3 is 2.28 bits per heavy atom. The van der Waals surface area contributed by atoms with Gasteiger partial charge in [0.1, 0.15) is 0 Å². The molecule has 0 saturated carbocycles. The number of benzene rings is 1. The summed E-state index contributed by atoms with van der Waals surface area (Å²) >= 11 is 0. The molecule has 0 aliphatic carbocycles. The van der Waals surface area contributed by atoms with E-state index >= 15 is 0 Å². The van der Waals surface area contributed by atoms with Gasteiger partial charge < -0.3 is 14.3 Å². The zero-order valence-electron chi connectivity index (χ0n) is 10.8. The van der Waals surface area contributed by atoms with E-state index in [9.17, 15) is 8.78 Å². The molecule has 0 amide bonds. The van der Waals surface area contributed by atoms with Crippen LogP contribution in [0.5, 0.6) is 11.5 Å². The lowest BCUT2D eigenvalue weighted by atomic mass is 10.0. The number of halogens is 2. The molecular weight excluding hydrogens is 244 g/mol. The van der Waals surface area contributed by atoms with Gasteiger partial charge in [-0.15, -0.1) is 0 Å². The molecule has 0 aliphatic rings. The van der Waals surface area contributed by atoms with Crippen LogP contribution in [0.4, 0.5) is 8.78 Å². The summed E-state index contributed by atoms with van der Waals surface area (Å²) in [5.41, 5.74) is 3.00. The number of methoxy groups -OCH3 is 2. The maximum Gasteiger partial charge on any atom is 0.274 e. The molecule has 0 aromatic heterocycles. The van der Waals surface area contributed by atoms with E-state index in [1.54, 1.807) is 6.07 Å². The van der Waals surface area contributed by atoms with Crippen LogP contribution < -0.4 is 15.0 Å². The third-order valence-corrected chi connectivity index (χ3v) is 2.43. The number of alkyl halides is 2. The summed E-state index contributed by atoms with van der Waals surface area (Å²) in [5.74, 6) is -2.70. The van der Waals surface area contributed by atoms with E-state index in [0.717, 1.165) is 6.92 Å². The molecule has 0 spiro atoms. The van der Waals surface area contributed by atoms with E-state index in [4.69, 9.17) is 14.3 Å². The Morgan fingerprint density at radius 1 is 1.17 bits per heavy atom. The van der Waals surface area contributed by atoms with Crippen LogP contribution in [0.25, 0.3) is 0 Å². The molecular formula is C12H17F2NO3. The minimum Gasteiger partial charge on any atom is -0.493 e. The molecule has 0 radical (unpaired) electrons. The number of hydrogen-bond acceptors (Lipinski definition) is 4. The van der Waals surface area contributed by atoms with Crippen molar-refractivity contribution in [3.8, 4) is 11.5 Å². The van der Waals surface area contributed by atoms with Gasteiger partial charge in [-0.3, -0.25) is 0 Å². The van der Waals surface area contributed by atoms with Crippen LogP contribution in [0.3, 0.4) is 0 Å². The van der Waals surface area contributed by atoms with Gasteiger partial charge in [-0.05, 0) is 17.7 Å². The third-order valence-electron chi connectivity index (χ3n) is 2.43. The maximum atomic E-state index is 13.5. The van der Waals surface area contributed by atoms with Crippen LogP contribution in [0.15, 0.2) is 12.1 Å². The lowest BCUT2D eigenvalue weighted by molar-refractivity contribution is 0.0145. The number of hydrogen-bond donors (Lipinski definition) is 1. The van der Waals surface area contributed by atoms with Crippen molar-refractivity contribution in [1.29, 1.82) is 0 Å². The van der Waals surface area contributed by atoms with Gasteiger partial charge in [0.2, 0.25) is 0 Å². The second-order valence-corrected chi connectivity index (χ2v) is 3.79. The van der Waals surface area contributed by atoms with Crippen molar-refractivity contribution >= 4 is 0 Å². The van der Waals surface area contributed by atoms with E-state index in [0.29, 0.717) is 12.1 Å². The summed E-state index contributed by atoms with van der Waals surface area (Å²) in [7, 11) is 4.19. The van der Waals surface area contributed by atoms with Crippen LogP contribution in [0.2, 0.25) is 0 Å². The zero-order chi connectivity index (χ0) is 13.8. The van der Waals surface area contributed by atoms with Crippen molar-refractivity contribution in [3.05, 3.63) is 23.3 Å². The van der Waals surface area contributed by atoms with Gasteiger partial charge in [-0.25, -0.2) is 8.78 Å². The van der Waals surface area contributed by atoms with Crippen molar-refractivity contribution in [2.45, 2.75) is 19.4 Å². The van der Waals surface area contributed by atoms with Crippen molar-refractivity contribution in [2.24, 2.45) is 0 Å². The Hall–Kier alpha value is -1.40. The Morgan fingerprint density at radius 2 is 1.83 bits per heavy atom. The summed E-state index contributed by atoms with van der Waals surface area (Å²) in [6.45, 7) is 1.11. The first-order valence-electron chi connectivity index (χ1n) is 5.33. The highest BCUT2D eigenvalue weighted by molar-refractivity contribution is 5.51. The maximum absolute atomic E-state index is 13.5. The van der Waals surface area contributed by atoms with E-state index < -0.39 is 5.92 Å². The lowest BCUT2D eigenvalue weighted by Gasteiger charge is -2.19. The fourth-order valence-corrected chi connectivity index (χ4v) is 1.61. The lowest BCUT2D eigenvalue weighted by Crippen LogP contribution is -2.14. The van der Waals surface area contributed by atoms with E-state index in [1.807, 2.05) is 0 Å². The van der Waals surface area contributed by atoms with Gasteiger partial charge in [0.15, 0.2) is 11.5 Å². The summed E-state index contributed by atoms with van der Waals surface area (Å²) in [5, 5.41) is 0.